The predicted molar refractivity (Wildman–Crippen MR) is 137 cm³/mol. The van der Waals surface area contributed by atoms with Gasteiger partial charge in [0.05, 0.1) is 23.4 Å². The van der Waals surface area contributed by atoms with Crippen LogP contribution in [0, 0.1) is 13.8 Å². The van der Waals surface area contributed by atoms with Crippen molar-refractivity contribution < 1.29 is 23.6 Å². The Morgan fingerprint density at radius 2 is 1.92 bits per heavy atom. The first kappa shape index (κ1) is 24.8. The molecule has 1 aliphatic rings. The van der Waals surface area contributed by atoms with Gasteiger partial charge in [-0.2, -0.15) is 0 Å². The summed E-state index contributed by atoms with van der Waals surface area (Å²) in [5.41, 5.74) is 4.44. The summed E-state index contributed by atoms with van der Waals surface area (Å²) < 4.78 is 10.4. The molecule has 0 atom stereocenters. The Kier molecular flexibility index (Phi) is 6.45. The van der Waals surface area contributed by atoms with Gasteiger partial charge in [0.25, 0.3) is 5.91 Å². The topological polar surface area (TPSA) is 138 Å². The Bertz CT molecular complexity index is 1390. The van der Waals surface area contributed by atoms with E-state index in [1.165, 1.54) is 0 Å². The molecular weight excluding hydrogens is 462 g/mol. The van der Waals surface area contributed by atoms with E-state index in [1.54, 1.807) is 51.1 Å². The number of amides is 3. The number of carbonyl (C=O) groups excluding carboxylic acids is 3. The number of hydrogen-bond acceptors (Lipinski definition) is 6. The third-order valence-corrected chi connectivity index (χ3v) is 5.80. The summed E-state index contributed by atoms with van der Waals surface area (Å²) in [5.74, 6) is 0.266. The zero-order valence-electron chi connectivity index (χ0n) is 21.1. The molecule has 3 heterocycles. The number of esters is 1. The van der Waals surface area contributed by atoms with E-state index in [-0.39, 0.29) is 17.9 Å². The summed E-state index contributed by atoms with van der Waals surface area (Å²) in [6.45, 7) is 11.6. The molecule has 188 valence electrons. The first-order valence-electron chi connectivity index (χ1n) is 11.6. The molecule has 0 fully saturated rings. The third kappa shape index (κ3) is 4.88. The predicted octanol–water partition coefficient (Wildman–Crippen LogP) is 5.23. The van der Waals surface area contributed by atoms with Gasteiger partial charge in [-0.25, -0.2) is 9.59 Å². The van der Waals surface area contributed by atoms with E-state index in [0.29, 0.717) is 56.6 Å². The molecule has 2 aromatic heterocycles. The van der Waals surface area contributed by atoms with Crippen LogP contribution in [0.15, 0.2) is 28.8 Å². The van der Waals surface area contributed by atoms with Crippen LogP contribution in [-0.2, 0) is 14.9 Å². The molecule has 0 spiro atoms. The van der Waals surface area contributed by atoms with E-state index >= 15 is 0 Å². The van der Waals surface area contributed by atoms with Crippen molar-refractivity contribution in [2.75, 3.05) is 22.6 Å². The minimum absolute atomic E-state index is 0.232. The maximum atomic E-state index is 12.7. The van der Waals surface area contributed by atoms with Gasteiger partial charge in [0, 0.05) is 34.1 Å². The summed E-state index contributed by atoms with van der Waals surface area (Å²) in [6, 6.07) is 6.31. The second kappa shape index (κ2) is 9.37. The Morgan fingerprint density at radius 3 is 2.58 bits per heavy atom. The molecule has 0 aliphatic carbocycles. The molecule has 10 heteroatoms. The number of aromatic nitrogens is 2. The maximum absolute atomic E-state index is 12.7. The number of ether oxygens (including phenoxy) is 1. The Hall–Kier alpha value is -4.34. The number of fused-ring (bicyclic) bond motifs is 1. The summed E-state index contributed by atoms with van der Waals surface area (Å²) >= 11 is 0. The van der Waals surface area contributed by atoms with Gasteiger partial charge < -0.3 is 24.9 Å². The standard InChI is InChI=1S/C26H29N5O5/c1-7-35-24(33)22-13(2)18(27-14(22)3)11-17-16-9-8-15(10-19(16)29-23(17)32)28-25(34)30-21-12-20(36-31-21)26(4,5)6/h8-12,27H,7H2,1-6H3,(H,29,32)(H2,28,30,31,34). The first-order chi connectivity index (χ1) is 17.0. The zero-order valence-corrected chi connectivity index (χ0v) is 21.1. The largest absolute Gasteiger partial charge is 0.462 e. The molecule has 3 aromatic rings. The lowest BCUT2D eigenvalue weighted by atomic mass is 9.93. The second-order valence-electron chi connectivity index (χ2n) is 9.56. The fraction of sp³-hybridized carbons (Fsp3) is 0.308. The number of nitrogens with zero attached hydrogens (tertiary/aromatic N) is 1. The summed E-state index contributed by atoms with van der Waals surface area (Å²) in [7, 11) is 0. The Balaban J connectivity index is 1.52. The van der Waals surface area contributed by atoms with E-state index in [1.807, 2.05) is 20.8 Å². The normalized spacial score (nSPS) is 13.9. The van der Waals surface area contributed by atoms with E-state index in [4.69, 9.17) is 9.26 Å². The molecule has 4 rings (SSSR count). The van der Waals surface area contributed by atoms with Gasteiger partial charge in [-0.3, -0.25) is 10.1 Å². The third-order valence-electron chi connectivity index (χ3n) is 5.80. The monoisotopic (exact) mass is 491 g/mol. The Morgan fingerprint density at radius 1 is 1.17 bits per heavy atom. The van der Waals surface area contributed by atoms with E-state index in [9.17, 15) is 14.4 Å². The number of rotatable bonds is 5. The van der Waals surface area contributed by atoms with Crippen LogP contribution in [0.25, 0.3) is 11.6 Å². The van der Waals surface area contributed by atoms with Gasteiger partial charge in [0.15, 0.2) is 5.82 Å². The number of hydrogen-bond donors (Lipinski definition) is 4. The summed E-state index contributed by atoms with van der Waals surface area (Å²) in [6.07, 6.45) is 1.71. The van der Waals surface area contributed by atoms with Crippen molar-refractivity contribution in [1.29, 1.82) is 0 Å². The molecular formula is C26H29N5O5. The van der Waals surface area contributed by atoms with E-state index < -0.39 is 12.0 Å². The van der Waals surface area contributed by atoms with Crippen molar-refractivity contribution in [3.63, 3.8) is 0 Å². The van der Waals surface area contributed by atoms with Crippen LogP contribution >= 0.6 is 0 Å². The maximum Gasteiger partial charge on any atom is 0.340 e. The van der Waals surface area contributed by atoms with E-state index in [0.717, 1.165) is 0 Å². The van der Waals surface area contributed by atoms with Gasteiger partial charge in [-0.05, 0) is 44.5 Å². The highest BCUT2D eigenvalue weighted by molar-refractivity contribution is 6.35. The number of aromatic amines is 1. The van der Waals surface area contributed by atoms with Crippen LogP contribution in [0.1, 0.15) is 66.3 Å². The van der Waals surface area contributed by atoms with Gasteiger partial charge >= 0.3 is 12.0 Å². The van der Waals surface area contributed by atoms with Crippen LogP contribution in [0.5, 0.6) is 0 Å². The molecule has 10 nitrogen and oxygen atoms in total. The Labute approximate surface area is 208 Å². The number of urea groups is 1. The lowest BCUT2D eigenvalue weighted by Gasteiger charge is -2.12. The molecule has 0 unspecified atom stereocenters. The van der Waals surface area contributed by atoms with Crippen LogP contribution < -0.4 is 16.0 Å². The van der Waals surface area contributed by atoms with E-state index in [2.05, 4.69) is 26.1 Å². The summed E-state index contributed by atoms with van der Waals surface area (Å²) in [5, 5.41) is 12.1. The molecule has 36 heavy (non-hydrogen) atoms. The quantitative estimate of drug-likeness (QED) is 0.285. The highest BCUT2D eigenvalue weighted by Crippen LogP contribution is 2.36. The van der Waals surface area contributed by atoms with Crippen molar-refractivity contribution in [3.8, 4) is 0 Å². The number of benzene rings is 1. The number of aryl methyl sites for hydroxylation is 1. The van der Waals surface area contributed by atoms with Crippen LogP contribution in [0.3, 0.4) is 0 Å². The first-order valence-corrected chi connectivity index (χ1v) is 11.6. The SMILES string of the molecule is CCOC(=O)c1c(C)[nH]c(C=C2C(=O)Nc3cc(NC(=O)Nc4cc(C(C)(C)C)on4)ccc32)c1C. The van der Waals surface area contributed by atoms with Gasteiger partial charge in [0.2, 0.25) is 0 Å². The smallest absolute Gasteiger partial charge is 0.340 e. The number of carbonyl (C=O) groups is 3. The molecule has 3 amide bonds. The molecule has 0 bridgehead atoms. The van der Waals surface area contributed by atoms with Crippen molar-refractivity contribution in [3.05, 3.63) is 58.1 Å². The molecule has 1 aliphatic heterocycles. The molecule has 0 saturated carbocycles. The van der Waals surface area contributed by atoms with Crippen molar-refractivity contribution in [2.45, 2.75) is 47.0 Å². The van der Waals surface area contributed by atoms with Crippen LogP contribution in [0.2, 0.25) is 0 Å². The number of anilines is 3. The number of H-pyrrole nitrogens is 1. The van der Waals surface area contributed by atoms with Crippen molar-refractivity contribution >= 4 is 46.7 Å². The minimum atomic E-state index is -0.493. The number of nitrogens with one attached hydrogen (secondary N) is 4. The van der Waals surface area contributed by atoms with Crippen molar-refractivity contribution in [2.24, 2.45) is 0 Å². The molecule has 0 radical (unpaired) electrons. The average molecular weight is 492 g/mol. The minimum Gasteiger partial charge on any atom is -0.462 e. The molecule has 4 N–H and O–H groups in total. The highest BCUT2D eigenvalue weighted by Gasteiger charge is 2.26. The van der Waals surface area contributed by atoms with Gasteiger partial charge in [0.1, 0.15) is 5.76 Å². The van der Waals surface area contributed by atoms with Gasteiger partial charge in [-0.1, -0.05) is 32.0 Å². The van der Waals surface area contributed by atoms with Gasteiger partial charge in [-0.15, -0.1) is 0 Å². The average Bonchev–Trinajstić information content (AvgIpc) is 3.45. The zero-order chi connectivity index (χ0) is 26.2. The lowest BCUT2D eigenvalue weighted by molar-refractivity contribution is -0.110. The second-order valence-corrected chi connectivity index (χ2v) is 9.56. The highest BCUT2D eigenvalue weighted by atomic mass is 16.5. The fourth-order valence-corrected chi connectivity index (χ4v) is 3.95. The molecule has 0 saturated heterocycles. The fourth-order valence-electron chi connectivity index (χ4n) is 3.95. The summed E-state index contributed by atoms with van der Waals surface area (Å²) in [4.78, 5) is 40.6. The lowest BCUT2D eigenvalue weighted by Crippen LogP contribution is -2.19. The van der Waals surface area contributed by atoms with Crippen LogP contribution in [0.4, 0.5) is 22.0 Å². The molecule has 1 aromatic carbocycles. The van der Waals surface area contributed by atoms with Crippen molar-refractivity contribution in [1.82, 2.24) is 10.1 Å². The van der Waals surface area contributed by atoms with Crippen LogP contribution in [-0.4, -0.2) is 34.7 Å².